The van der Waals surface area contributed by atoms with E-state index in [2.05, 4.69) is 5.32 Å². The first-order chi connectivity index (χ1) is 4.20. The molecule has 0 rings (SSSR count). The van der Waals surface area contributed by atoms with Crippen molar-refractivity contribution >= 4 is 5.78 Å². The Morgan fingerprint density at radius 1 is 1.67 bits per heavy atom. The van der Waals surface area contributed by atoms with Gasteiger partial charge in [0, 0.05) is 13.1 Å². The molecule has 1 N–H and O–H groups in total. The maximum Gasteiger partial charge on any atom is 0.189 e. The van der Waals surface area contributed by atoms with Gasteiger partial charge in [-0.1, -0.05) is 0 Å². The average molecular weight is 129 g/mol. The number of carbonyl (C=O) groups excluding carboxylic acids is 1. The summed E-state index contributed by atoms with van der Waals surface area (Å²) in [7, 11) is 3.20. The van der Waals surface area contributed by atoms with Crippen LogP contribution in [0.25, 0.3) is 0 Å². The highest BCUT2D eigenvalue weighted by molar-refractivity contribution is 5.87. The Morgan fingerprint density at radius 3 is 2.33 bits per heavy atom. The van der Waals surface area contributed by atoms with Gasteiger partial charge in [-0.05, 0) is 6.92 Å². The Morgan fingerprint density at radius 2 is 2.22 bits per heavy atom. The summed E-state index contributed by atoms with van der Waals surface area (Å²) < 4.78 is 4.74. The third-order valence-corrected chi connectivity index (χ3v) is 0.801. The summed E-state index contributed by atoms with van der Waals surface area (Å²) in [5.41, 5.74) is 0. The number of rotatable bonds is 3. The fraction of sp³-hybridized carbons (Fsp3) is 0.500. The fourth-order valence-corrected chi connectivity index (χ4v) is 0.418. The number of nitrogens with one attached hydrogen (secondary N) is 1. The van der Waals surface area contributed by atoms with Crippen molar-refractivity contribution in [1.82, 2.24) is 5.32 Å². The molecule has 0 saturated heterocycles. The van der Waals surface area contributed by atoms with Gasteiger partial charge in [0.2, 0.25) is 0 Å². The summed E-state index contributed by atoms with van der Waals surface area (Å²) in [4.78, 5) is 10.4. The molecule has 0 bridgehead atoms. The molecule has 3 heteroatoms. The Labute approximate surface area is 54.7 Å². The van der Waals surface area contributed by atoms with Crippen molar-refractivity contribution in [2.45, 2.75) is 6.92 Å². The van der Waals surface area contributed by atoms with E-state index in [1.807, 2.05) is 0 Å². The minimum atomic E-state index is -0.0267. The molecule has 0 aliphatic rings. The van der Waals surface area contributed by atoms with E-state index >= 15 is 0 Å². The van der Waals surface area contributed by atoms with Crippen molar-refractivity contribution in [2.75, 3.05) is 14.2 Å². The minimum Gasteiger partial charge on any atom is -0.482 e. The molecule has 0 aromatic rings. The van der Waals surface area contributed by atoms with Crippen molar-refractivity contribution in [3.05, 3.63) is 12.0 Å². The molecule has 0 saturated carbocycles. The van der Waals surface area contributed by atoms with E-state index in [0.717, 1.165) is 0 Å². The second-order valence-corrected chi connectivity index (χ2v) is 1.57. The van der Waals surface area contributed by atoms with Crippen LogP contribution in [-0.4, -0.2) is 19.9 Å². The average Bonchev–Trinajstić information content (AvgIpc) is 1.82. The van der Waals surface area contributed by atoms with Crippen LogP contribution in [-0.2, 0) is 9.53 Å². The highest BCUT2D eigenvalue weighted by Gasteiger charge is 1.90. The van der Waals surface area contributed by atoms with Gasteiger partial charge in [-0.15, -0.1) is 0 Å². The highest BCUT2D eigenvalue weighted by atomic mass is 16.5. The topological polar surface area (TPSA) is 38.3 Å². The normalized spacial score (nSPS) is 10.8. The smallest absolute Gasteiger partial charge is 0.189 e. The first-order valence-electron chi connectivity index (χ1n) is 2.64. The summed E-state index contributed by atoms with van der Waals surface area (Å²) in [5.74, 6) is 0.462. The van der Waals surface area contributed by atoms with Crippen LogP contribution in [0.1, 0.15) is 6.92 Å². The predicted molar refractivity (Wildman–Crippen MR) is 34.8 cm³/mol. The second kappa shape index (κ2) is 3.95. The Bertz CT molecular complexity index is 123. The van der Waals surface area contributed by atoms with Gasteiger partial charge in [0.1, 0.15) is 0 Å². The third-order valence-electron chi connectivity index (χ3n) is 0.801. The lowest BCUT2D eigenvalue weighted by Gasteiger charge is -2.01. The van der Waals surface area contributed by atoms with Crippen LogP contribution in [0.2, 0.25) is 0 Å². The standard InChI is InChI=1S/C6H11NO2/c1-5(8)4-6(7-2)9-3/h4,7H,1-3H3/b6-4+. The van der Waals surface area contributed by atoms with Gasteiger partial charge in [0.05, 0.1) is 7.11 Å². The first kappa shape index (κ1) is 8.01. The van der Waals surface area contributed by atoms with E-state index in [1.54, 1.807) is 7.05 Å². The van der Waals surface area contributed by atoms with Crippen LogP contribution >= 0.6 is 0 Å². The summed E-state index contributed by atoms with van der Waals surface area (Å²) in [5, 5.41) is 2.70. The zero-order chi connectivity index (χ0) is 7.28. The Kier molecular flexibility index (Phi) is 3.51. The maximum absolute atomic E-state index is 10.4. The molecule has 9 heavy (non-hydrogen) atoms. The number of allylic oxidation sites excluding steroid dienone is 1. The number of hydrogen-bond donors (Lipinski definition) is 1. The molecule has 0 radical (unpaired) electrons. The van der Waals surface area contributed by atoms with Crippen LogP contribution in [0.3, 0.4) is 0 Å². The van der Waals surface area contributed by atoms with Gasteiger partial charge in [-0.2, -0.15) is 0 Å². The third kappa shape index (κ3) is 3.58. The lowest BCUT2D eigenvalue weighted by Crippen LogP contribution is -2.08. The maximum atomic E-state index is 10.4. The van der Waals surface area contributed by atoms with E-state index < -0.39 is 0 Å². The number of hydrogen-bond acceptors (Lipinski definition) is 3. The van der Waals surface area contributed by atoms with Crippen molar-refractivity contribution in [3.63, 3.8) is 0 Å². The molecular formula is C6H11NO2. The molecule has 3 nitrogen and oxygen atoms in total. The lowest BCUT2D eigenvalue weighted by atomic mass is 10.4. The van der Waals surface area contributed by atoms with E-state index in [9.17, 15) is 4.79 Å². The van der Waals surface area contributed by atoms with Crippen molar-refractivity contribution < 1.29 is 9.53 Å². The Hall–Kier alpha value is -0.990. The zero-order valence-corrected chi connectivity index (χ0v) is 5.89. The van der Waals surface area contributed by atoms with Gasteiger partial charge < -0.3 is 10.1 Å². The molecule has 0 amide bonds. The SMILES string of the molecule is CN/C(=C\C(C)=O)OC. The number of carbonyl (C=O) groups is 1. The monoisotopic (exact) mass is 129 g/mol. The fourth-order valence-electron chi connectivity index (χ4n) is 0.418. The number of ether oxygens (including phenoxy) is 1. The molecule has 0 unspecified atom stereocenters. The van der Waals surface area contributed by atoms with Gasteiger partial charge in [0.25, 0.3) is 0 Å². The lowest BCUT2D eigenvalue weighted by molar-refractivity contribution is -0.112. The summed E-state index contributed by atoms with van der Waals surface area (Å²) in [6, 6.07) is 0. The van der Waals surface area contributed by atoms with E-state index in [1.165, 1.54) is 20.1 Å². The quantitative estimate of drug-likeness (QED) is 0.439. The van der Waals surface area contributed by atoms with Crippen molar-refractivity contribution in [2.24, 2.45) is 0 Å². The molecule has 52 valence electrons. The molecule has 0 aliphatic carbocycles. The van der Waals surface area contributed by atoms with Gasteiger partial charge in [-0.25, -0.2) is 0 Å². The molecule has 0 aromatic carbocycles. The van der Waals surface area contributed by atoms with Gasteiger partial charge >= 0.3 is 0 Å². The predicted octanol–water partition coefficient (Wildman–Crippen LogP) is 0.283. The van der Waals surface area contributed by atoms with Crippen LogP contribution in [0.15, 0.2) is 12.0 Å². The number of methoxy groups -OCH3 is 1. The molecule has 0 aliphatic heterocycles. The van der Waals surface area contributed by atoms with E-state index in [4.69, 9.17) is 4.74 Å². The van der Waals surface area contributed by atoms with Crippen LogP contribution in [0, 0.1) is 0 Å². The second-order valence-electron chi connectivity index (χ2n) is 1.57. The molecule has 0 heterocycles. The molecule has 0 spiro atoms. The zero-order valence-electron chi connectivity index (χ0n) is 5.89. The Balaban J connectivity index is 3.91. The molecule has 0 atom stereocenters. The van der Waals surface area contributed by atoms with E-state index in [-0.39, 0.29) is 5.78 Å². The number of ketones is 1. The van der Waals surface area contributed by atoms with Crippen LogP contribution in [0.5, 0.6) is 0 Å². The molecule has 0 fully saturated rings. The van der Waals surface area contributed by atoms with Crippen LogP contribution < -0.4 is 5.32 Å². The minimum absolute atomic E-state index is 0.0267. The van der Waals surface area contributed by atoms with Crippen LogP contribution in [0.4, 0.5) is 0 Å². The summed E-state index contributed by atoms with van der Waals surface area (Å²) in [6.45, 7) is 1.47. The molecular weight excluding hydrogens is 118 g/mol. The van der Waals surface area contributed by atoms with Gasteiger partial charge in [-0.3, -0.25) is 4.79 Å². The summed E-state index contributed by atoms with van der Waals surface area (Å²) in [6.07, 6.45) is 1.39. The summed E-state index contributed by atoms with van der Waals surface area (Å²) >= 11 is 0. The van der Waals surface area contributed by atoms with Crippen molar-refractivity contribution in [3.8, 4) is 0 Å². The largest absolute Gasteiger partial charge is 0.482 e. The van der Waals surface area contributed by atoms with E-state index in [0.29, 0.717) is 5.88 Å². The highest BCUT2D eigenvalue weighted by Crippen LogP contribution is 1.86. The van der Waals surface area contributed by atoms with Gasteiger partial charge in [0.15, 0.2) is 11.7 Å². The van der Waals surface area contributed by atoms with Crippen molar-refractivity contribution in [1.29, 1.82) is 0 Å². The first-order valence-corrected chi connectivity index (χ1v) is 2.64. The molecule has 0 aromatic heterocycles.